The molecule has 0 N–H and O–H groups in total. The van der Waals surface area contributed by atoms with Crippen LogP contribution in [0.2, 0.25) is 0 Å². The van der Waals surface area contributed by atoms with Gasteiger partial charge in [0.25, 0.3) is 11.5 Å². The van der Waals surface area contributed by atoms with E-state index in [-0.39, 0.29) is 17.0 Å². The second-order valence-electron chi connectivity index (χ2n) is 9.70. The number of pyridine rings is 1. The predicted molar refractivity (Wildman–Crippen MR) is 161 cm³/mol. The number of anilines is 1. The van der Waals surface area contributed by atoms with E-state index in [1.165, 1.54) is 11.8 Å². The minimum Gasteiger partial charge on any atom is -0.497 e. The van der Waals surface area contributed by atoms with E-state index in [4.69, 9.17) is 17.0 Å². The number of thioether (sulfide) groups is 1. The summed E-state index contributed by atoms with van der Waals surface area (Å²) < 4.78 is 7.47. The highest BCUT2D eigenvalue weighted by atomic mass is 32.2. The maximum atomic E-state index is 13.6. The molecule has 0 saturated carbocycles. The van der Waals surface area contributed by atoms with Crippen LogP contribution in [-0.4, -0.2) is 64.4 Å². The summed E-state index contributed by atoms with van der Waals surface area (Å²) in [5, 5.41) is 9.93. The van der Waals surface area contributed by atoms with Gasteiger partial charge in [0, 0.05) is 38.3 Å². The van der Waals surface area contributed by atoms with Crippen LogP contribution in [-0.2, 0) is 17.9 Å². The molecule has 0 spiro atoms. The molecule has 3 heterocycles. The standard InChI is InChI=1S/C29H35N5O3S2/c1-5-7-12-33-26(32-15-13-31(6-2)14-16-32)23(20(3)24(18-30)27(33)35)17-25-28(36)34(29(38)39-25)19-21-8-10-22(37-4)11-9-21/h8-11,17H,5-7,12-16,19H2,1-4H3/b25-17+. The number of methoxy groups -OCH3 is 1. The maximum Gasteiger partial charge on any atom is 0.270 e. The van der Waals surface area contributed by atoms with Crippen molar-refractivity contribution in [2.75, 3.05) is 44.7 Å². The minimum absolute atomic E-state index is 0.127. The van der Waals surface area contributed by atoms with Crippen LogP contribution in [0.5, 0.6) is 5.75 Å². The van der Waals surface area contributed by atoms with Crippen LogP contribution in [0.4, 0.5) is 5.82 Å². The number of unbranched alkanes of at least 4 members (excludes halogenated alkanes) is 1. The summed E-state index contributed by atoms with van der Waals surface area (Å²) in [7, 11) is 1.62. The molecule has 2 aliphatic rings. The number of likely N-dealkylation sites (N-methyl/N-ethyl adjacent to an activating group) is 1. The highest BCUT2D eigenvalue weighted by molar-refractivity contribution is 8.26. The normalized spacial score (nSPS) is 17.3. The Bertz CT molecular complexity index is 1370. The van der Waals surface area contributed by atoms with Crippen LogP contribution >= 0.6 is 24.0 Å². The number of hydrogen-bond acceptors (Lipinski definition) is 8. The molecule has 39 heavy (non-hydrogen) atoms. The van der Waals surface area contributed by atoms with Crippen molar-refractivity contribution in [2.45, 2.75) is 46.7 Å². The van der Waals surface area contributed by atoms with Crippen LogP contribution in [0.15, 0.2) is 34.0 Å². The first-order valence-corrected chi connectivity index (χ1v) is 14.6. The molecule has 1 aromatic carbocycles. The second-order valence-corrected chi connectivity index (χ2v) is 11.4. The van der Waals surface area contributed by atoms with Gasteiger partial charge < -0.3 is 14.5 Å². The van der Waals surface area contributed by atoms with Gasteiger partial charge in [0.2, 0.25) is 0 Å². The number of carbonyl (C=O) groups excluding carboxylic acids is 1. The van der Waals surface area contributed by atoms with Gasteiger partial charge in [-0.3, -0.25) is 19.1 Å². The van der Waals surface area contributed by atoms with E-state index >= 15 is 0 Å². The van der Waals surface area contributed by atoms with Gasteiger partial charge in [0.05, 0.1) is 18.6 Å². The van der Waals surface area contributed by atoms with Gasteiger partial charge in [-0.25, -0.2) is 0 Å². The average molecular weight is 566 g/mol. The zero-order chi connectivity index (χ0) is 28.1. The van der Waals surface area contributed by atoms with E-state index in [0.29, 0.717) is 27.9 Å². The monoisotopic (exact) mass is 565 g/mol. The van der Waals surface area contributed by atoms with E-state index in [0.717, 1.165) is 68.3 Å². The molecule has 1 aromatic heterocycles. The highest BCUT2D eigenvalue weighted by Gasteiger charge is 2.33. The van der Waals surface area contributed by atoms with Crippen molar-refractivity contribution in [1.29, 1.82) is 5.26 Å². The van der Waals surface area contributed by atoms with Gasteiger partial charge in [-0.05, 0) is 49.2 Å². The number of rotatable bonds is 9. The van der Waals surface area contributed by atoms with Crippen molar-refractivity contribution in [3.8, 4) is 11.8 Å². The smallest absolute Gasteiger partial charge is 0.270 e. The van der Waals surface area contributed by atoms with Crippen LogP contribution in [0.1, 0.15) is 48.9 Å². The number of ether oxygens (including phenoxy) is 1. The summed E-state index contributed by atoms with van der Waals surface area (Å²) in [5.74, 6) is 1.37. The molecular formula is C29H35N5O3S2. The number of thiocarbonyl (C=S) groups is 1. The van der Waals surface area contributed by atoms with Crippen LogP contribution in [0.3, 0.4) is 0 Å². The summed E-state index contributed by atoms with van der Waals surface area (Å²) in [6.45, 7) is 11.2. The zero-order valence-electron chi connectivity index (χ0n) is 23.0. The first-order valence-electron chi connectivity index (χ1n) is 13.4. The van der Waals surface area contributed by atoms with Gasteiger partial charge in [0.15, 0.2) is 0 Å². The molecule has 0 unspecified atom stereocenters. The number of nitrogens with zero attached hydrogens (tertiary/aromatic N) is 5. The van der Waals surface area contributed by atoms with Crippen LogP contribution in [0, 0.1) is 18.3 Å². The summed E-state index contributed by atoms with van der Waals surface area (Å²) in [6, 6.07) is 9.69. The number of hydrogen-bond donors (Lipinski definition) is 0. The number of amides is 1. The maximum absolute atomic E-state index is 13.6. The Morgan fingerprint density at radius 3 is 2.41 bits per heavy atom. The Labute approximate surface area is 239 Å². The lowest BCUT2D eigenvalue weighted by Crippen LogP contribution is -2.48. The molecule has 2 saturated heterocycles. The van der Waals surface area contributed by atoms with E-state index in [2.05, 4.69) is 29.7 Å². The molecule has 2 fully saturated rings. The second kappa shape index (κ2) is 12.8. The fourth-order valence-electron chi connectivity index (χ4n) is 4.97. The largest absolute Gasteiger partial charge is 0.497 e. The van der Waals surface area contributed by atoms with Crippen molar-refractivity contribution < 1.29 is 9.53 Å². The molecule has 0 atom stereocenters. The first-order chi connectivity index (χ1) is 18.8. The number of nitriles is 1. The first kappa shape index (κ1) is 28.9. The SMILES string of the molecule is CCCCn1c(N2CCN(CC)CC2)c(/C=C2/SC(=S)N(Cc3ccc(OC)cc3)C2=O)c(C)c(C#N)c1=O. The minimum atomic E-state index is -0.263. The number of aromatic nitrogens is 1. The lowest BCUT2D eigenvalue weighted by Gasteiger charge is -2.37. The van der Waals surface area contributed by atoms with Crippen molar-refractivity contribution >= 4 is 46.1 Å². The third-order valence-corrected chi connectivity index (χ3v) is 8.73. The Morgan fingerprint density at radius 1 is 1.13 bits per heavy atom. The number of carbonyl (C=O) groups is 1. The van der Waals surface area contributed by atoms with Crippen LogP contribution in [0.25, 0.3) is 6.08 Å². The molecule has 4 rings (SSSR count). The van der Waals surface area contributed by atoms with Crippen molar-refractivity contribution in [2.24, 2.45) is 0 Å². The lowest BCUT2D eigenvalue weighted by atomic mass is 10.0. The molecule has 1 amide bonds. The molecule has 206 valence electrons. The quantitative estimate of drug-likeness (QED) is 0.327. The molecular weight excluding hydrogens is 530 g/mol. The number of piperazine rings is 1. The van der Waals surface area contributed by atoms with Gasteiger partial charge in [0.1, 0.15) is 27.5 Å². The third kappa shape index (κ3) is 6.06. The molecule has 10 heteroatoms. The van der Waals surface area contributed by atoms with Gasteiger partial charge in [-0.2, -0.15) is 5.26 Å². The summed E-state index contributed by atoms with van der Waals surface area (Å²) in [5.41, 5.74) is 2.15. The molecule has 0 radical (unpaired) electrons. The van der Waals surface area contributed by atoms with E-state index in [1.807, 2.05) is 30.3 Å². The molecule has 8 nitrogen and oxygen atoms in total. The van der Waals surface area contributed by atoms with Crippen LogP contribution < -0.4 is 15.2 Å². The Kier molecular flexibility index (Phi) is 9.49. The average Bonchev–Trinajstić information content (AvgIpc) is 3.21. The van der Waals surface area contributed by atoms with Gasteiger partial charge in [-0.15, -0.1) is 0 Å². The molecule has 0 aliphatic carbocycles. The molecule has 2 aromatic rings. The van der Waals surface area contributed by atoms with E-state index in [9.17, 15) is 14.9 Å². The topological polar surface area (TPSA) is 81.8 Å². The van der Waals surface area contributed by atoms with Crippen molar-refractivity contribution in [3.05, 3.63) is 61.8 Å². The fraction of sp³-hybridized carbons (Fsp3) is 0.448. The van der Waals surface area contributed by atoms with E-state index in [1.54, 1.807) is 23.5 Å². The Hall–Kier alpha value is -3.13. The molecule has 0 bridgehead atoms. The Morgan fingerprint density at radius 2 is 1.82 bits per heavy atom. The fourth-order valence-corrected chi connectivity index (χ4v) is 6.20. The summed E-state index contributed by atoms with van der Waals surface area (Å²) in [4.78, 5) is 33.8. The van der Waals surface area contributed by atoms with Gasteiger partial charge >= 0.3 is 0 Å². The third-order valence-electron chi connectivity index (χ3n) is 7.35. The highest BCUT2D eigenvalue weighted by Crippen LogP contribution is 2.37. The van der Waals surface area contributed by atoms with Gasteiger partial charge in [-0.1, -0.05) is 56.4 Å². The lowest BCUT2D eigenvalue weighted by molar-refractivity contribution is -0.122. The summed E-state index contributed by atoms with van der Waals surface area (Å²) >= 11 is 6.87. The van der Waals surface area contributed by atoms with Crippen molar-refractivity contribution in [3.63, 3.8) is 0 Å². The van der Waals surface area contributed by atoms with Crippen molar-refractivity contribution in [1.82, 2.24) is 14.4 Å². The Balaban J connectivity index is 1.77. The predicted octanol–water partition coefficient (Wildman–Crippen LogP) is 4.38. The molecule has 2 aliphatic heterocycles. The number of benzene rings is 1. The zero-order valence-corrected chi connectivity index (χ0v) is 24.7. The summed E-state index contributed by atoms with van der Waals surface area (Å²) in [6.07, 6.45) is 3.58. The van der Waals surface area contributed by atoms with E-state index < -0.39 is 0 Å².